The molecular weight excluding hydrogens is 346 g/mol. The van der Waals surface area contributed by atoms with E-state index in [0.29, 0.717) is 32.1 Å². The van der Waals surface area contributed by atoms with Crippen LogP contribution in [0.3, 0.4) is 0 Å². The van der Waals surface area contributed by atoms with Crippen molar-refractivity contribution in [2.45, 2.75) is 71.1 Å². The third-order valence-corrected chi connectivity index (χ3v) is 6.95. The highest BCUT2D eigenvalue weighted by atomic mass is 31.1. The Bertz CT molecular complexity index is 558. The quantitative estimate of drug-likeness (QED) is 0.285. The van der Waals surface area contributed by atoms with Crippen LogP contribution in [0.25, 0.3) is 0 Å². The van der Waals surface area contributed by atoms with Gasteiger partial charge < -0.3 is 4.52 Å². The summed E-state index contributed by atoms with van der Waals surface area (Å²) in [4.78, 5) is 0. The number of hydrogen-bond donors (Lipinski definition) is 0. The Morgan fingerprint density at radius 3 is 2.88 bits per heavy atom. The van der Waals surface area contributed by atoms with Gasteiger partial charge in [-0.15, -0.1) is 11.8 Å². The first-order valence-corrected chi connectivity index (χ1v) is 10.9. The Labute approximate surface area is 157 Å². The minimum absolute atomic E-state index is 0.0466. The molecule has 0 saturated heterocycles. The molecule has 2 fully saturated rings. The van der Waals surface area contributed by atoms with Crippen molar-refractivity contribution in [2.75, 3.05) is 0 Å². The third kappa shape index (κ3) is 5.50. The molecular formula is C21H32O2P2. The normalized spacial score (nSPS) is 32.7. The van der Waals surface area contributed by atoms with Crippen molar-refractivity contribution in [1.29, 1.82) is 0 Å². The van der Waals surface area contributed by atoms with Crippen molar-refractivity contribution in [3.8, 4) is 11.8 Å². The molecule has 0 amide bonds. The van der Waals surface area contributed by atoms with Crippen LogP contribution in [0.2, 0.25) is 0 Å². The Kier molecular flexibility index (Phi) is 8.85. The highest BCUT2D eigenvalue weighted by Crippen LogP contribution is 2.53. The first-order chi connectivity index (χ1) is 12.1. The highest BCUT2D eigenvalue weighted by Gasteiger charge is 2.46. The number of unbranched alkanes of at least 4 members (excludes halogenated alkanes) is 1. The zero-order valence-corrected chi connectivity index (χ0v) is 17.8. The van der Waals surface area contributed by atoms with Gasteiger partial charge >= 0.3 is 0 Å². The molecule has 0 spiro atoms. The average Bonchev–Trinajstić information content (AvgIpc) is 3.16. The van der Waals surface area contributed by atoms with Gasteiger partial charge in [-0.2, -0.15) is 0 Å². The van der Waals surface area contributed by atoms with E-state index in [0.717, 1.165) is 12.8 Å². The molecule has 2 aliphatic carbocycles. The topological polar surface area (TPSA) is 26.3 Å². The van der Waals surface area contributed by atoms with E-state index in [2.05, 4.69) is 53.4 Å². The first kappa shape index (κ1) is 20.8. The van der Waals surface area contributed by atoms with E-state index in [1.54, 1.807) is 5.57 Å². The minimum Gasteiger partial charge on any atom is -0.358 e. The van der Waals surface area contributed by atoms with Crippen molar-refractivity contribution in [3.63, 3.8) is 0 Å². The molecule has 2 aliphatic rings. The maximum atomic E-state index is 11.7. The van der Waals surface area contributed by atoms with E-state index in [9.17, 15) is 4.57 Å². The van der Waals surface area contributed by atoms with Crippen LogP contribution in [0, 0.1) is 35.5 Å². The minimum atomic E-state index is 0.0466. The summed E-state index contributed by atoms with van der Waals surface area (Å²) in [5, 5.41) is 0. The lowest BCUT2D eigenvalue weighted by Crippen LogP contribution is -2.18. The van der Waals surface area contributed by atoms with Gasteiger partial charge in [0.25, 0.3) is 0 Å². The van der Waals surface area contributed by atoms with Gasteiger partial charge in [0, 0.05) is 21.5 Å². The average molecular weight is 378 g/mol. The second-order valence-corrected chi connectivity index (χ2v) is 8.71. The molecule has 0 heterocycles. The van der Waals surface area contributed by atoms with Crippen molar-refractivity contribution >= 4 is 17.9 Å². The van der Waals surface area contributed by atoms with Gasteiger partial charge in [-0.25, -0.2) is 0 Å². The summed E-state index contributed by atoms with van der Waals surface area (Å²) >= 11 is 0. The predicted molar refractivity (Wildman–Crippen MR) is 110 cm³/mol. The molecule has 1 unspecified atom stereocenters. The van der Waals surface area contributed by atoms with Gasteiger partial charge in [-0.1, -0.05) is 44.1 Å². The Morgan fingerprint density at radius 2 is 2.24 bits per heavy atom. The summed E-state index contributed by atoms with van der Waals surface area (Å²) in [6.07, 6.45) is 13.7. The molecule has 2 saturated carbocycles. The van der Waals surface area contributed by atoms with E-state index < -0.39 is 0 Å². The second-order valence-electron chi connectivity index (χ2n) is 7.56. The van der Waals surface area contributed by atoms with Crippen molar-refractivity contribution < 1.29 is 9.09 Å². The van der Waals surface area contributed by atoms with Crippen LogP contribution >= 0.6 is 17.9 Å². The number of rotatable bonds is 8. The molecule has 0 aromatic heterocycles. The number of fused-ring (bicyclic) bond motifs is 1. The van der Waals surface area contributed by atoms with Crippen LogP contribution in [-0.2, 0) is 9.09 Å². The molecule has 25 heavy (non-hydrogen) atoms. The molecule has 138 valence electrons. The van der Waals surface area contributed by atoms with Gasteiger partial charge in [-0.3, -0.25) is 4.57 Å². The summed E-state index contributed by atoms with van der Waals surface area (Å²) in [5.41, 5.74) is 1.90. The van der Waals surface area contributed by atoms with E-state index in [4.69, 9.17) is 4.52 Å². The van der Waals surface area contributed by atoms with Gasteiger partial charge in [-0.05, 0) is 56.3 Å². The van der Waals surface area contributed by atoms with Crippen LogP contribution in [0.4, 0.5) is 0 Å². The van der Waals surface area contributed by atoms with Gasteiger partial charge in [0.05, 0.1) is 6.10 Å². The molecule has 4 heteroatoms. The summed E-state index contributed by atoms with van der Waals surface area (Å²) in [5.74, 6) is 8.22. The third-order valence-electron chi connectivity index (χ3n) is 5.81. The number of hydrogen-bond acceptors (Lipinski definition) is 2. The molecule has 0 aromatic rings. The fourth-order valence-electron chi connectivity index (χ4n) is 4.39. The molecule has 0 aromatic carbocycles. The van der Waals surface area contributed by atoms with E-state index in [1.165, 1.54) is 25.7 Å². The van der Waals surface area contributed by atoms with Crippen LogP contribution in [0.15, 0.2) is 23.8 Å². The Balaban J connectivity index is 2.06. The van der Waals surface area contributed by atoms with Crippen LogP contribution in [-0.4, -0.2) is 11.8 Å². The summed E-state index contributed by atoms with van der Waals surface area (Å²) < 4.78 is 17.3. The largest absolute Gasteiger partial charge is 0.358 e. The molecule has 0 radical (unpaired) electrons. The first-order valence-electron chi connectivity index (χ1n) is 9.58. The smallest absolute Gasteiger partial charge is 0.159 e. The molecule has 0 bridgehead atoms. The molecule has 2 rings (SSSR count). The molecule has 2 nitrogen and oxygen atoms in total. The standard InChI is InChI=1S/C21H32O2P2/c1-4-6-8-15(3)20(23-24)11-10-18-19-13-16(9-7-5-2)12-17(19)14-21(18)25-22/h9-11,15,17-21H,5,7-8,12-14,24H2,1-3H3/b11-10+,16-9+/t15-,17-,18+,19-,20+,21+/m0/s1. The lowest BCUT2D eigenvalue weighted by atomic mass is 9.90. The predicted octanol–water partition coefficient (Wildman–Crippen LogP) is 6.20. The van der Waals surface area contributed by atoms with Gasteiger partial charge in [0.1, 0.15) is 0 Å². The van der Waals surface area contributed by atoms with E-state index in [1.807, 2.05) is 6.92 Å². The SMILES string of the molecule is CC#CC[C@H](C)[C@@H](/C=C/[C@@H]1[C@H]2C/C(=C/CCC)C[C@H]2C[C@H]1P=O)OP. The molecule has 0 N–H and O–H groups in total. The van der Waals surface area contributed by atoms with E-state index in [-0.39, 0.29) is 11.8 Å². The van der Waals surface area contributed by atoms with E-state index >= 15 is 0 Å². The van der Waals surface area contributed by atoms with Crippen LogP contribution < -0.4 is 0 Å². The summed E-state index contributed by atoms with van der Waals surface area (Å²) in [6, 6.07) is 0. The van der Waals surface area contributed by atoms with Crippen molar-refractivity contribution in [1.82, 2.24) is 0 Å². The number of allylic oxidation sites excluding steroid dienone is 3. The maximum Gasteiger partial charge on any atom is 0.159 e. The fraction of sp³-hybridized carbons (Fsp3) is 0.714. The summed E-state index contributed by atoms with van der Waals surface area (Å²) in [7, 11) is 2.70. The van der Waals surface area contributed by atoms with Gasteiger partial charge in [0.2, 0.25) is 0 Å². The zero-order valence-electron chi connectivity index (χ0n) is 15.8. The lowest BCUT2D eigenvalue weighted by molar-refractivity contribution is 0.222. The Morgan fingerprint density at radius 1 is 1.44 bits per heavy atom. The van der Waals surface area contributed by atoms with Crippen LogP contribution in [0.5, 0.6) is 0 Å². The fourth-order valence-corrected chi connectivity index (χ4v) is 5.56. The van der Waals surface area contributed by atoms with Crippen molar-refractivity contribution in [3.05, 3.63) is 23.8 Å². The monoisotopic (exact) mass is 378 g/mol. The summed E-state index contributed by atoms with van der Waals surface area (Å²) in [6.45, 7) is 6.28. The second kappa shape index (κ2) is 10.6. The molecule has 0 aliphatic heterocycles. The van der Waals surface area contributed by atoms with Gasteiger partial charge in [0.15, 0.2) is 8.46 Å². The van der Waals surface area contributed by atoms with Crippen LogP contribution in [0.1, 0.15) is 59.3 Å². The van der Waals surface area contributed by atoms with Crippen molar-refractivity contribution in [2.24, 2.45) is 23.7 Å². The highest BCUT2D eigenvalue weighted by molar-refractivity contribution is 7.24. The lowest BCUT2D eigenvalue weighted by Gasteiger charge is -2.20. The zero-order chi connectivity index (χ0) is 18.2. The maximum absolute atomic E-state index is 11.7. The molecule has 7 atom stereocenters. The Hall–Kier alpha value is -0.470.